The van der Waals surface area contributed by atoms with Gasteiger partial charge in [0.25, 0.3) is 11.7 Å². The van der Waals surface area contributed by atoms with Crippen molar-refractivity contribution in [2.75, 3.05) is 12.4 Å². The minimum absolute atomic E-state index is 0.0756. The molecule has 4 nitrogen and oxygen atoms in total. The Labute approximate surface area is 146 Å². The molecule has 0 aliphatic carbocycles. The molecule has 0 radical (unpaired) electrons. The zero-order valence-corrected chi connectivity index (χ0v) is 14.0. The topological polar surface area (TPSA) is 55.4 Å². The van der Waals surface area contributed by atoms with E-state index in [-0.39, 0.29) is 38.5 Å². The van der Waals surface area contributed by atoms with Crippen LogP contribution in [0.25, 0.3) is 0 Å². The minimum Gasteiger partial charge on any atom is -0.465 e. The summed E-state index contributed by atoms with van der Waals surface area (Å²) < 4.78 is 29.9. The highest BCUT2D eigenvalue weighted by Crippen LogP contribution is 2.37. The van der Waals surface area contributed by atoms with Gasteiger partial charge >= 0.3 is 5.97 Å². The quantitative estimate of drug-likeness (QED) is 0.611. The fourth-order valence-corrected chi connectivity index (χ4v) is 2.83. The van der Waals surface area contributed by atoms with Crippen molar-refractivity contribution in [3.63, 3.8) is 0 Å². The van der Waals surface area contributed by atoms with E-state index in [0.29, 0.717) is 0 Å². The molecule has 1 N–H and O–H groups in total. The molecule has 2 rings (SSSR count). The van der Waals surface area contributed by atoms with Gasteiger partial charge in [-0.15, -0.1) is 0 Å². The molecule has 0 saturated heterocycles. The van der Waals surface area contributed by atoms with E-state index in [1.54, 1.807) is 6.07 Å². The number of hydrogen-bond donors (Lipinski definition) is 1. The summed E-state index contributed by atoms with van der Waals surface area (Å²) in [5, 5.41) is 2.64. The van der Waals surface area contributed by atoms with Crippen LogP contribution in [0.5, 0.6) is 0 Å². The predicted molar refractivity (Wildman–Crippen MR) is 89.0 cm³/mol. The van der Waals surface area contributed by atoms with Gasteiger partial charge in [-0.2, -0.15) is 8.78 Å². The van der Waals surface area contributed by atoms with Crippen LogP contribution < -0.4 is 5.32 Å². The third-order valence-corrected chi connectivity index (χ3v) is 4.25. The van der Waals surface area contributed by atoms with Crippen molar-refractivity contribution in [1.29, 1.82) is 0 Å². The molecule has 1 amide bonds. The number of thioether (sulfide) groups is 1. The first-order valence-electron chi connectivity index (χ1n) is 6.65. The van der Waals surface area contributed by atoms with Crippen LogP contribution in [0.1, 0.15) is 20.7 Å². The van der Waals surface area contributed by atoms with Crippen molar-refractivity contribution in [2.45, 2.75) is 10.7 Å². The van der Waals surface area contributed by atoms with Gasteiger partial charge in [-0.1, -0.05) is 35.5 Å². The van der Waals surface area contributed by atoms with Crippen LogP contribution in [0.3, 0.4) is 0 Å². The molecule has 2 aromatic rings. The number of hydrogen-bond acceptors (Lipinski definition) is 4. The van der Waals surface area contributed by atoms with Gasteiger partial charge in [0.2, 0.25) is 0 Å². The Morgan fingerprint density at radius 1 is 1.17 bits per heavy atom. The summed E-state index contributed by atoms with van der Waals surface area (Å²) in [4.78, 5) is 23.9. The van der Waals surface area contributed by atoms with Gasteiger partial charge < -0.3 is 10.1 Å². The molecular weight excluding hydrogens is 360 g/mol. The lowest BCUT2D eigenvalue weighted by Gasteiger charge is -2.12. The molecule has 24 heavy (non-hydrogen) atoms. The van der Waals surface area contributed by atoms with E-state index in [2.05, 4.69) is 10.1 Å². The second-order valence-corrected chi connectivity index (χ2v) is 5.93. The number of carbonyl (C=O) groups excluding carboxylic acids is 2. The summed E-state index contributed by atoms with van der Waals surface area (Å²) in [7, 11) is 1.23. The number of esters is 1. The first-order chi connectivity index (χ1) is 11.4. The molecule has 126 valence electrons. The molecule has 0 atom stereocenters. The number of amides is 1. The van der Waals surface area contributed by atoms with Crippen LogP contribution in [0.4, 0.5) is 14.5 Å². The monoisotopic (exact) mass is 371 g/mol. The SMILES string of the molecule is COC(=O)c1cccc(C(=O)Nc2cccc(Cl)c2SC(F)F)c1. The van der Waals surface area contributed by atoms with Gasteiger partial charge in [0.15, 0.2) is 0 Å². The van der Waals surface area contributed by atoms with E-state index in [0.717, 1.165) is 0 Å². The van der Waals surface area contributed by atoms with Crippen molar-refractivity contribution in [3.05, 3.63) is 58.6 Å². The normalized spacial score (nSPS) is 10.5. The van der Waals surface area contributed by atoms with Gasteiger partial charge in [0.1, 0.15) is 0 Å². The van der Waals surface area contributed by atoms with Gasteiger partial charge in [0.05, 0.1) is 28.3 Å². The summed E-state index contributed by atoms with van der Waals surface area (Å²) in [6.07, 6.45) is 0. The third-order valence-electron chi connectivity index (χ3n) is 2.97. The standard InChI is InChI=1S/C16H12ClF2NO3S/c1-23-15(22)10-5-2-4-9(8-10)14(21)20-12-7-3-6-11(17)13(12)24-16(18)19/h2-8,16H,1H3,(H,20,21). The van der Waals surface area contributed by atoms with Crippen molar-refractivity contribution >= 4 is 40.9 Å². The van der Waals surface area contributed by atoms with Gasteiger partial charge in [-0.3, -0.25) is 4.79 Å². The maximum atomic E-state index is 12.7. The summed E-state index contributed by atoms with van der Waals surface area (Å²) in [5.74, 6) is -3.82. The van der Waals surface area contributed by atoms with E-state index < -0.39 is 17.6 Å². The van der Waals surface area contributed by atoms with Crippen LogP contribution in [-0.4, -0.2) is 24.7 Å². The Hall–Kier alpha value is -2.12. The van der Waals surface area contributed by atoms with Crippen molar-refractivity contribution in [2.24, 2.45) is 0 Å². The second kappa shape index (κ2) is 8.12. The molecule has 2 aromatic carbocycles. The zero-order chi connectivity index (χ0) is 17.7. The number of anilines is 1. The maximum absolute atomic E-state index is 12.7. The molecule has 0 saturated carbocycles. The average Bonchev–Trinajstić information content (AvgIpc) is 2.57. The van der Waals surface area contributed by atoms with E-state index in [9.17, 15) is 18.4 Å². The Morgan fingerprint density at radius 2 is 1.83 bits per heavy atom. The van der Waals surface area contributed by atoms with E-state index in [1.165, 1.54) is 43.5 Å². The first kappa shape index (κ1) is 18.2. The fraction of sp³-hybridized carbons (Fsp3) is 0.125. The number of carbonyl (C=O) groups is 2. The van der Waals surface area contributed by atoms with Gasteiger partial charge in [0, 0.05) is 5.56 Å². The van der Waals surface area contributed by atoms with E-state index >= 15 is 0 Å². The van der Waals surface area contributed by atoms with Crippen LogP contribution in [0, 0.1) is 0 Å². The molecule has 0 spiro atoms. The van der Waals surface area contributed by atoms with Crippen LogP contribution in [0.15, 0.2) is 47.4 Å². The second-order valence-electron chi connectivity index (χ2n) is 4.52. The summed E-state index contributed by atoms with van der Waals surface area (Å²) in [6.45, 7) is 0. The number of halogens is 3. The summed E-state index contributed by atoms with van der Waals surface area (Å²) in [6, 6.07) is 10.3. The number of methoxy groups -OCH3 is 1. The molecule has 0 bridgehead atoms. The van der Waals surface area contributed by atoms with Crippen molar-refractivity contribution < 1.29 is 23.1 Å². The fourth-order valence-electron chi connectivity index (χ4n) is 1.92. The Balaban J connectivity index is 2.27. The molecular formula is C16H12ClF2NO3S. The zero-order valence-electron chi connectivity index (χ0n) is 12.4. The van der Waals surface area contributed by atoms with Crippen molar-refractivity contribution in [3.8, 4) is 0 Å². The highest BCUT2D eigenvalue weighted by molar-refractivity contribution is 7.99. The molecule has 0 aliphatic rings. The molecule has 0 unspecified atom stereocenters. The Morgan fingerprint density at radius 3 is 2.50 bits per heavy atom. The average molecular weight is 372 g/mol. The highest BCUT2D eigenvalue weighted by atomic mass is 35.5. The largest absolute Gasteiger partial charge is 0.465 e. The maximum Gasteiger partial charge on any atom is 0.337 e. The number of benzene rings is 2. The molecule has 0 aliphatic heterocycles. The van der Waals surface area contributed by atoms with Crippen LogP contribution in [0.2, 0.25) is 5.02 Å². The number of nitrogens with one attached hydrogen (secondary N) is 1. The lowest BCUT2D eigenvalue weighted by Crippen LogP contribution is -2.14. The van der Waals surface area contributed by atoms with Crippen LogP contribution in [-0.2, 0) is 4.74 Å². The summed E-state index contributed by atoms with van der Waals surface area (Å²) in [5.41, 5.74) is 0.561. The highest BCUT2D eigenvalue weighted by Gasteiger charge is 2.17. The Bertz CT molecular complexity index is 771. The summed E-state index contributed by atoms with van der Waals surface area (Å²) >= 11 is 6.17. The van der Waals surface area contributed by atoms with Gasteiger partial charge in [-0.05, 0) is 30.3 Å². The molecule has 0 aromatic heterocycles. The molecule has 0 heterocycles. The van der Waals surface area contributed by atoms with Crippen molar-refractivity contribution in [1.82, 2.24) is 0 Å². The molecule has 0 fully saturated rings. The third kappa shape index (κ3) is 4.46. The minimum atomic E-state index is -2.68. The smallest absolute Gasteiger partial charge is 0.337 e. The lowest BCUT2D eigenvalue weighted by molar-refractivity contribution is 0.0600. The first-order valence-corrected chi connectivity index (χ1v) is 7.91. The lowest BCUT2D eigenvalue weighted by atomic mass is 10.1. The predicted octanol–water partition coefficient (Wildman–Crippen LogP) is 4.69. The van der Waals surface area contributed by atoms with E-state index in [4.69, 9.17) is 11.6 Å². The van der Waals surface area contributed by atoms with E-state index in [1.807, 2.05) is 0 Å². The number of ether oxygens (including phenoxy) is 1. The van der Waals surface area contributed by atoms with Crippen LogP contribution >= 0.6 is 23.4 Å². The molecule has 8 heteroatoms. The van der Waals surface area contributed by atoms with Gasteiger partial charge in [-0.25, -0.2) is 4.79 Å². The Kier molecular flexibility index (Phi) is 6.16. The number of alkyl halides is 2. The number of rotatable bonds is 5.